The van der Waals surface area contributed by atoms with E-state index < -0.39 is 20.7 Å². The molecule has 0 fully saturated rings. The number of sulfone groups is 1. The van der Waals surface area contributed by atoms with Crippen molar-refractivity contribution in [3.63, 3.8) is 0 Å². The Kier molecular flexibility index (Phi) is 6.23. The van der Waals surface area contributed by atoms with Gasteiger partial charge in [0.2, 0.25) is 19.3 Å². The van der Waals surface area contributed by atoms with Crippen molar-refractivity contribution in [1.82, 2.24) is 10.2 Å². The Morgan fingerprint density at radius 1 is 1.35 bits per heavy atom. The molecule has 1 N–H and O–H groups in total. The molecule has 0 aliphatic carbocycles. The van der Waals surface area contributed by atoms with Gasteiger partial charge in [-0.25, -0.2) is 8.42 Å². The number of nitriles is 1. The number of hydrogen-bond acceptors (Lipinski definition) is 10. The number of amides is 1. The van der Waals surface area contributed by atoms with E-state index in [2.05, 4.69) is 15.5 Å². The minimum Gasteiger partial charge on any atom is -0.457 e. The van der Waals surface area contributed by atoms with E-state index in [-0.39, 0.29) is 32.2 Å². The Labute approximate surface area is 179 Å². The number of non-ortho nitro benzene ring substituents is 1. The van der Waals surface area contributed by atoms with Crippen molar-refractivity contribution in [2.45, 2.75) is 11.3 Å². The quantitative estimate of drug-likeness (QED) is 0.183. The van der Waals surface area contributed by atoms with Crippen LogP contribution in [0.15, 0.2) is 50.7 Å². The average molecular weight is 459 g/mol. The van der Waals surface area contributed by atoms with Gasteiger partial charge in [0.25, 0.3) is 11.6 Å². The van der Waals surface area contributed by atoms with Crippen molar-refractivity contribution in [3.05, 3.63) is 57.8 Å². The summed E-state index contributed by atoms with van der Waals surface area (Å²) in [4.78, 5) is 22.7. The number of nitro benzene ring substituents is 1. The molecule has 0 aliphatic heterocycles. The maximum absolute atomic E-state index is 12.3. The van der Waals surface area contributed by atoms with Crippen LogP contribution < -0.4 is 5.32 Å². The van der Waals surface area contributed by atoms with Crippen LogP contribution in [0.5, 0.6) is 0 Å². The highest BCUT2D eigenvalue weighted by Gasteiger charge is 2.20. The summed E-state index contributed by atoms with van der Waals surface area (Å²) in [5.74, 6) is -0.511. The Bertz CT molecular complexity index is 1330. The van der Waals surface area contributed by atoms with Gasteiger partial charge < -0.3 is 4.42 Å². The van der Waals surface area contributed by atoms with Crippen LogP contribution in [0, 0.1) is 21.4 Å². The lowest BCUT2D eigenvalue weighted by atomic mass is 10.1. The summed E-state index contributed by atoms with van der Waals surface area (Å²) in [6.45, 7) is 1.46. The summed E-state index contributed by atoms with van der Waals surface area (Å²) in [5.41, 5.74) is 0.0231. The molecular weight excluding hydrogens is 446 g/mol. The molecule has 0 spiro atoms. The fourth-order valence-corrected chi connectivity index (χ4v) is 4.31. The first kappa shape index (κ1) is 21.8. The Balaban J connectivity index is 1.80. The number of nitro groups is 1. The first-order valence-corrected chi connectivity index (χ1v) is 11.0. The third kappa shape index (κ3) is 5.00. The number of nitrogens with one attached hydrogen (secondary N) is 1. The van der Waals surface area contributed by atoms with Gasteiger partial charge in [-0.2, -0.15) is 5.26 Å². The lowest BCUT2D eigenvalue weighted by Crippen LogP contribution is -2.13. The summed E-state index contributed by atoms with van der Waals surface area (Å²) in [6.07, 6.45) is 1.18. The fraction of sp³-hybridized carbons (Fsp3) is 0.111. The number of nitrogens with zero attached hydrogens (tertiary/aromatic N) is 4. The van der Waals surface area contributed by atoms with Crippen molar-refractivity contribution in [2.24, 2.45) is 0 Å². The molecule has 11 nitrogen and oxygen atoms in total. The van der Waals surface area contributed by atoms with Crippen LogP contribution in [0.2, 0.25) is 0 Å². The van der Waals surface area contributed by atoms with Gasteiger partial charge in [0.05, 0.1) is 10.7 Å². The minimum atomic E-state index is -3.56. The lowest BCUT2D eigenvalue weighted by molar-refractivity contribution is -0.384. The maximum Gasteiger partial charge on any atom is 0.270 e. The minimum absolute atomic E-state index is 0.0742. The standard InChI is InChI=1S/C18H13N5O6S2/c1-2-31(27,28)18-22-21-17(30-18)20-16(24)12(10-19)9-14-6-7-15(29-14)11-4-3-5-13(8-11)23(25)26/h3-9H,2H2,1H3,(H,20,21,24)/b12-9-. The van der Waals surface area contributed by atoms with Crippen molar-refractivity contribution in [3.8, 4) is 17.4 Å². The highest BCUT2D eigenvalue weighted by atomic mass is 32.2. The number of anilines is 1. The van der Waals surface area contributed by atoms with E-state index in [1.54, 1.807) is 18.2 Å². The Hall–Kier alpha value is -3.89. The molecule has 31 heavy (non-hydrogen) atoms. The van der Waals surface area contributed by atoms with Gasteiger partial charge in [0, 0.05) is 23.8 Å². The molecular formula is C18H13N5O6S2. The van der Waals surface area contributed by atoms with E-state index in [0.29, 0.717) is 22.7 Å². The fourth-order valence-electron chi connectivity index (χ4n) is 2.32. The third-order valence-electron chi connectivity index (χ3n) is 3.89. The Morgan fingerprint density at radius 3 is 2.81 bits per heavy atom. The second-order valence-electron chi connectivity index (χ2n) is 5.91. The zero-order valence-corrected chi connectivity index (χ0v) is 17.4. The van der Waals surface area contributed by atoms with Crippen LogP contribution in [0.3, 0.4) is 0 Å². The number of hydrogen-bond donors (Lipinski definition) is 1. The lowest BCUT2D eigenvalue weighted by Gasteiger charge is -1.99. The molecule has 1 aromatic carbocycles. The molecule has 3 aromatic rings. The molecule has 0 radical (unpaired) electrons. The molecule has 0 saturated heterocycles. The van der Waals surface area contributed by atoms with Crippen LogP contribution in [0.25, 0.3) is 17.4 Å². The van der Waals surface area contributed by atoms with Gasteiger partial charge in [0.1, 0.15) is 23.2 Å². The van der Waals surface area contributed by atoms with Crippen LogP contribution in [0.4, 0.5) is 10.8 Å². The molecule has 1 amide bonds. The molecule has 158 valence electrons. The van der Waals surface area contributed by atoms with Crippen molar-refractivity contribution in [1.29, 1.82) is 5.26 Å². The summed E-state index contributed by atoms with van der Waals surface area (Å²) >= 11 is 0.675. The van der Waals surface area contributed by atoms with Crippen LogP contribution >= 0.6 is 11.3 Å². The average Bonchev–Trinajstić information content (AvgIpc) is 3.42. The zero-order valence-electron chi connectivity index (χ0n) is 15.8. The van der Waals surface area contributed by atoms with Gasteiger partial charge in [-0.15, -0.1) is 10.2 Å². The molecule has 0 atom stereocenters. The smallest absolute Gasteiger partial charge is 0.270 e. The topological polar surface area (TPSA) is 169 Å². The van der Waals surface area contributed by atoms with E-state index in [1.807, 2.05) is 0 Å². The first-order valence-electron chi connectivity index (χ1n) is 8.57. The summed E-state index contributed by atoms with van der Waals surface area (Å²) in [5, 5.41) is 29.6. The van der Waals surface area contributed by atoms with Gasteiger partial charge in [0.15, 0.2) is 0 Å². The zero-order chi connectivity index (χ0) is 22.6. The molecule has 0 bridgehead atoms. The number of carbonyl (C=O) groups excluding carboxylic acids is 1. The number of aromatic nitrogens is 2. The van der Waals surface area contributed by atoms with Gasteiger partial charge >= 0.3 is 0 Å². The predicted molar refractivity (Wildman–Crippen MR) is 111 cm³/mol. The molecule has 0 saturated carbocycles. The van der Waals surface area contributed by atoms with E-state index in [0.717, 1.165) is 0 Å². The van der Waals surface area contributed by atoms with Gasteiger partial charge in [-0.1, -0.05) is 30.4 Å². The van der Waals surface area contributed by atoms with Crippen molar-refractivity contribution >= 4 is 44.0 Å². The summed E-state index contributed by atoms with van der Waals surface area (Å²) in [6, 6.07) is 10.6. The van der Waals surface area contributed by atoms with Crippen molar-refractivity contribution < 1.29 is 22.6 Å². The van der Waals surface area contributed by atoms with Gasteiger partial charge in [-0.05, 0) is 12.1 Å². The third-order valence-corrected chi connectivity index (χ3v) is 6.91. The maximum atomic E-state index is 12.3. The summed E-state index contributed by atoms with van der Waals surface area (Å²) in [7, 11) is -3.56. The number of benzene rings is 1. The molecule has 2 aromatic heterocycles. The van der Waals surface area contributed by atoms with Crippen LogP contribution in [0.1, 0.15) is 12.7 Å². The highest BCUT2D eigenvalue weighted by molar-refractivity contribution is 7.93. The number of furan rings is 1. The van der Waals surface area contributed by atoms with E-state index >= 15 is 0 Å². The van der Waals surface area contributed by atoms with Gasteiger partial charge in [-0.3, -0.25) is 20.2 Å². The number of carbonyl (C=O) groups is 1. The monoisotopic (exact) mass is 459 g/mol. The number of rotatable bonds is 7. The SMILES string of the molecule is CCS(=O)(=O)c1nnc(NC(=O)/C(C#N)=C\c2ccc(-c3cccc([N+](=O)[O-])c3)o2)s1. The molecule has 2 heterocycles. The second-order valence-corrected chi connectivity index (χ2v) is 9.34. The Morgan fingerprint density at radius 2 is 2.13 bits per heavy atom. The van der Waals surface area contributed by atoms with E-state index in [9.17, 15) is 28.6 Å². The molecule has 0 aliphatic rings. The predicted octanol–water partition coefficient (Wildman–Crippen LogP) is 3.05. The normalized spacial score (nSPS) is 11.7. The van der Waals surface area contributed by atoms with Crippen LogP contribution in [-0.4, -0.2) is 35.2 Å². The largest absolute Gasteiger partial charge is 0.457 e. The highest BCUT2D eigenvalue weighted by Crippen LogP contribution is 2.27. The molecule has 0 unspecified atom stereocenters. The first-order chi connectivity index (χ1) is 14.7. The molecule has 13 heteroatoms. The second kappa shape index (κ2) is 8.86. The van der Waals surface area contributed by atoms with Crippen LogP contribution in [-0.2, 0) is 14.6 Å². The van der Waals surface area contributed by atoms with Crippen molar-refractivity contribution in [2.75, 3.05) is 11.1 Å². The van der Waals surface area contributed by atoms with E-state index in [1.165, 1.54) is 37.3 Å². The van der Waals surface area contributed by atoms with E-state index in [4.69, 9.17) is 4.42 Å². The summed E-state index contributed by atoms with van der Waals surface area (Å²) < 4.78 is 28.9. The molecule has 3 rings (SSSR count).